The fourth-order valence-electron chi connectivity index (χ4n) is 4.57. The number of aromatic nitrogens is 6. The molecule has 160 valence electrons. The largest absolute Gasteiger partial charge is 0.493 e. The van der Waals surface area contributed by atoms with Crippen LogP contribution in [0.4, 0.5) is 4.39 Å². The van der Waals surface area contributed by atoms with E-state index in [2.05, 4.69) is 9.97 Å². The summed E-state index contributed by atoms with van der Waals surface area (Å²) in [5.41, 5.74) is 3.82. The van der Waals surface area contributed by atoms with Crippen molar-refractivity contribution in [1.29, 1.82) is 0 Å². The molecular weight excluding hydrogens is 411 g/mol. The van der Waals surface area contributed by atoms with E-state index in [1.807, 2.05) is 31.2 Å². The smallest absolute Gasteiger partial charge is 0.330 e. The number of benzene rings is 2. The Labute approximate surface area is 181 Å². The number of halogens is 1. The van der Waals surface area contributed by atoms with E-state index in [0.29, 0.717) is 46.9 Å². The van der Waals surface area contributed by atoms with Crippen LogP contribution in [0, 0.1) is 12.7 Å². The van der Waals surface area contributed by atoms with Gasteiger partial charge in [-0.25, -0.2) is 19.2 Å². The highest BCUT2D eigenvalue weighted by molar-refractivity contribution is 5.79. The van der Waals surface area contributed by atoms with Crippen LogP contribution in [-0.4, -0.2) is 35.3 Å². The molecule has 3 aromatic heterocycles. The van der Waals surface area contributed by atoms with Crippen molar-refractivity contribution >= 4 is 22.2 Å². The van der Waals surface area contributed by atoms with Crippen LogP contribution in [0.25, 0.3) is 28.1 Å². The van der Waals surface area contributed by atoms with Crippen LogP contribution in [0.15, 0.2) is 53.6 Å². The van der Waals surface area contributed by atoms with Crippen molar-refractivity contribution in [2.24, 2.45) is 7.05 Å². The van der Waals surface area contributed by atoms with Gasteiger partial charge in [0, 0.05) is 25.1 Å². The zero-order valence-electron chi connectivity index (χ0n) is 17.5. The van der Waals surface area contributed by atoms with Crippen molar-refractivity contribution in [2.75, 3.05) is 6.61 Å². The summed E-state index contributed by atoms with van der Waals surface area (Å²) in [4.78, 5) is 27.1. The minimum absolute atomic E-state index is 0.169. The predicted molar refractivity (Wildman–Crippen MR) is 117 cm³/mol. The lowest BCUT2D eigenvalue weighted by atomic mass is 10.0. The molecule has 1 aliphatic rings. The Morgan fingerprint density at radius 1 is 1.16 bits per heavy atom. The number of hydrogen-bond acceptors (Lipinski definition) is 5. The summed E-state index contributed by atoms with van der Waals surface area (Å²) in [7, 11) is 1.73. The fourth-order valence-corrected chi connectivity index (χ4v) is 4.57. The first-order chi connectivity index (χ1) is 15.5. The maximum absolute atomic E-state index is 13.9. The molecule has 4 heterocycles. The molecule has 1 aliphatic heterocycles. The summed E-state index contributed by atoms with van der Waals surface area (Å²) < 4.78 is 24.6. The highest BCUT2D eigenvalue weighted by Gasteiger charge is 2.28. The minimum atomic E-state index is -0.368. The molecule has 8 nitrogen and oxygen atoms in total. The topological polar surface area (TPSA) is 79.8 Å². The molecule has 0 aliphatic carbocycles. The van der Waals surface area contributed by atoms with Crippen LogP contribution in [0.5, 0.6) is 5.75 Å². The second-order valence-corrected chi connectivity index (χ2v) is 7.93. The van der Waals surface area contributed by atoms with Gasteiger partial charge in [-0.2, -0.15) is 4.98 Å². The molecule has 0 bridgehead atoms. The van der Waals surface area contributed by atoms with E-state index < -0.39 is 0 Å². The number of ether oxygens (including phenoxy) is 1. The van der Waals surface area contributed by atoms with Crippen molar-refractivity contribution in [1.82, 2.24) is 28.7 Å². The van der Waals surface area contributed by atoms with Crippen molar-refractivity contribution in [3.8, 4) is 11.7 Å². The molecule has 0 saturated carbocycles. The first-order valence-electron chi connectivity index (χ1n) is 10.3. The Morgan fingerprint density at radius 2 is 2.00 bits per heavy atom. The highest BCUT2D eigenvalue weighted by atomic mass is 19.1. The third kappa shape index (κ3) is 2.60. The quantitative estimate of drug-likeness (QED) is 0.429. The molecule has 0 fully saturated rings. The Bertz CT molecular complexity index is 1580. The fraction of sp³-hybridized carbons (Fsp3) is 0.217. The third-order valence-electron chi connectivity index (χ3n) is 6.05. The number of nitrogens with zero attached hydrogens (tertiary/aromatic N) is 6. The third-order valence-corrected chi connectivity index (χ3v) is 6.05. The van der Waals surface area contributed by atoms with Crippen molar-refractivity contribution in [3.63, 3.8) is 0 Å². The zero-order chi connectivity index (χ0) is 22.0. The van der Waals surface area contributed by atoms with Crippen molar-refractivity contribution in [3.05, 3.63) is 76.4 Å². The maximum Gasteiger partial charge on any atom is 0.330 e. The van der Waals surface area contributed by atoms with E-state index in [1.54, 1.807) is 33.1 Å². The summed E-state index contributed by atoms with van der Waals surface area (Å²) in [6, 6.07) is 11.9. The second kappa shape index (κ2) is 6.74. The van der Waals surface area contributed by atoms with Gasteiger partial charge >= 0.3 is 5.69 Å². The van der Waals surface area contributed by atoms with E-state index in [9.17, 15) is 9.18 Å². The Balaban J connectivity index is 1.63. The summed E-state index contributed by atoms with van der Waals surface area (Å²) >= 11 is 0. The molecule has 32 heavy (non-hydrogen) atoms. The van der Waals surface area contributed by atoms with Gasteiger partial charge in [-0.15, -0.1) is 0 Å². The van der Waals surface area contributed by atoms with E-state index in [0.717, 1.165) is 11.3 Å². The molecule has 2 aromatic carbocycles. The number of hydrogen-bond donors (Lipinski definition) is 0. The van der Waals surface area contributed by atoms with Gasteiger partial charge in [0.2, 0.25) is 5.95 Å². The molecule has 0 radical (unpaired) electrons. The lowest BCUT2D eigenvalue weighted by Crippen LogP contribution is -2.30. The normalized spacial score (nSPS) is 15.8. The van der Waals surface area contributed by atoms with Crippen LogP contribution >= 0.6 is 0 Å². The van der Waals surface area contributed by atoms with Crippen molar-refractivity contribution in [2.45, 2.75) is 19.4 Å². The van der Waals surface area contributed by atoms with Crippen LogP contribution < -0.4 is 10.4 Å². The van der Waals surface area contributed by atoms with Crippen molar-refractivity contribution < 1.29 is 9.13 Å². The molecular formula is C23H19FN6O2. The molecule has 0 spiro atoms. The lowest BCUT2D eigenvalue weighted by Gasteiger charge is -2.26. The van der Waals surface area contributed by atoms with Gasteiger partial charge in [0.1, 0.15) is 23.4 Å². The van der Waals surface area contributed by atoms with E-state index in [4.69, 9.17) is 9.72 Å². The first kappa shape index (κ1) is 18.7. The van der Waals surface area contributed by atoms with Crippen LogP contribution in [0.3, 0.4) is 0 Å². The standard InChI is InChI=1S/C23H19FN6O2/c1-13-20-21(27-22(26-13)29-12-25-16-8-7-14(24)11-18(16)29)30(23(31)28(20)2)17-9-10-32-19-6-4-3-5-15(17)19/h3-8,11-12,17H,9-10H2,1-2H3. The molecule has 5 aromatic rings. The van der Waals surface area contributed by atoms with Crippen LogP contribution in [0.1, 0.15) is 23.7 Å². The average Bonchev–Trinajstić information content (AvgIpc) is 3.32. The van der Waals surface area contributed by atoms with Gasteiger partial charge in [-0.3, -0.25) is 13.7 Å². The predicted octanol–water partition coefficient (Wildman–Crippen LogP) is 3.29. The molecule has 9 heteroatoms. The zero-order valence-corrected chi connectivity index (χ0v) is 17.5. The highest BCUT2D eigenvalue weighted by Crippen LogP contribution is 2.35. The molecule has 0 saturated heterocycles. The van der Waals surface area contributed by atoms with Gasteiger partial charge in [-0.1, -0.05) is 18.2 Å². The summed E-state index contributed by atoms with van der Waals surface area (Å²) in [5.74, 6) is 0.741. The van der Waals surface area contributed by atoms with Gasteiger partial charge in [0.25, 0.3) is 0 Å². The average molecular weight is 430 g/mol. The Morgan fingerprint density at radius 3 is 2.88 bits per heavy atom. The van der Waals surface area contributed by atoms with Gasteiger partial charge in [0.05, 0.1) is 29.4 Å². The van der Waals surface area contributed by atoms with Gasteiger partial charge < -0.3 is 4.74 Å². The number of fused-ring (bicyclic) bond motifs is 3. The monoisotopic (exact) mass is 430 g/mol. The summed E-state index contributed by atoms with van der Waals surface area (Å²) in [6.07, 6.45) is 2.22. The maximum atomic E-state index is 13.9. The van der Waals surface area contributed by atoms with Crippen LogP contribution in [-0.2, 0) is 7.05 Å². The lowest BCUT2D eigenvalue weighted by molar-refractivity contribution is 0.256. The van der Waals surface area contributed by atoms with Crippen LogP contribution in [0.2, 0.25) is 0 Å². The summed E-state index contributed by atoms with van der Waals surface area (Å²) in [5, 5.41) is 0. The number of para-hydroxylation sites is 1. The summed E-state index contributed by atoms with van der Waals surface area (Å²) in [6.45, 7) is 2.35. The molecule has 1 atom stereocenters. The number of imidazole rings is 2. The van der Waals surface area contributed by atoms with E-state index >= 15 is 0 Å². The minimum Gasteiger partial charge on any atom is -0.493 e. The number of rotatable bonds is 2. The van der Waals surface area contributed by atoms with Gasteiger partial charge in [-0.05, 0) is 25.1 Å². The van der Waals surface area contributed by atoms with E-state index in [1.165, 1.54) is 12.1 Å². The SMILES string of the molecule is Cc1nc(-n2cnc3ccc(F)cc32)nc2c1n(C)c(=O)n2C1CCOc2ccccc21. The Hall–Kier alpha value is -4.01. The second-order valence-electron chi connectivity index (χ2n) is 7.93. The molecule has 6 rings (SSSR count). The molecule has 1 unspecified atom stereocenters. The molecule has 0 amide bonds. The molecule has 0 N–H and O–H groups in total. The number of aryl methyl sites for hydroxylation is 2. The Kier molecular flexibility index (Phi) is 3.95. The van der Waals surface area contributed by atoms with Gasteiger partial charge in [0.15, 0.2) is 5.65 Å². The van der Waals surface area contributed by atoms with E-state index in [-0.39, 0.29) is 17.5 Å². The first-order valence-corrected chi connectivity index (χ1v) is 10.3.